The van der Waals surface area contributed by atoms with Crippen molar-refractivity contribution in [1.29, 1.82) is 0 Å². The lowest BCUT2D eigenvalue weighted by atomic mass is 10.2. The summed E-state index contributed by atoms with van der Waals surface area (Å²) < 4.78 is 5.26. The van der Waals surface area contributed by atoms with Crippen LogP contribution in [0.3, 0.4) is 0 Å². The predicted molar refractivity (Wildman–Crippen MR) is 85.4 cm³/mol. The minimum Gasteiger partial charge on any atom is -0.382 e. The monoisotopic (exact) mass is 357 g/mol. The van der Waals surface area contributed by atoms with Crippen molar-refractivity contribution >= 4 is 29.9 Å². The molecule has 0 atom stereocenters. The second-order valence-corrected chi connectivity index (χ2v) is 3.68. The van der Waals surface area contributed by atoms with E-state index in [1.807, 2.05) is 6.92 Å². The van der Waals surface area contributed by atoms with Gasteiger partial charge in [-0.1, -0.05) is 19.8 Å². The third-order valence-corrected chi connectivity index (χ3v) is 2.26. The van der Waals surface area contributed by atoms with E-state index in [0.717, 1.165) is 38.7 Å². The summed E-state index contributed by atoms with van der Waals surface area (Å²) in [5, 5.41) is 6.56. The summed E-state index contributed by atoms with van der Waals surface area (Å²) in [5.41, 5.74) is 0. The van der Waals surface area contributed by atoms with Crippen molar-refractivity contribution in [3.05, 3.63) is 0 Å². The molecular weight excluding hydrogens is 329 g/mol. The Morgan fingerprint density at radius 2 is 1.71 bits per heavy atom. The van der Waals surface area contributed by atoms with Crippen molar-refractivity contribution in [2.24, 2.45) is 4.99 Å². The maximum absolute atomic E-state index is 5.26. The van der Waals surface area contributed by atoms with Crippen molar-refractivity contribution in [3.8, 4) is 0 Å². The van der Waals surface area contributed by atoms with Crippen LogP contribution >= 0.6 is 24.0 Å². The number of nitrogens with one attached hydrogen (secondary N) is 2. The average Bonchev–Trinajstić information content (AvgIpc) is 2.31. The normalized spacial score (nSPS) is 10.9. The van der Waals surface area contributed by atoms with E-state index in [0.29, 0.717) is 0 Å². The molecule has 2 N–H and O–H groups in total. The van der Waals surface area contributed by atoms with Crippen LogP contribution in [0.2, 0.25) is 0 Å². The van der Waals surface area contributed by atoms with Crippen molar-refractivity contribution in [2.75, 3.05) is 33.4 Å². The van der Waals surface area contributed by atoms with E-state index in [-0.39, 0.29) is 24.0 Å². The molecule has 17 heavy (non-hydrogen) atoms. The molecule has 0 aliphatic rings. The van der Waals surface area contributed by atoms with Crippen LogP contribution < -0.4 is 10.6 Å². The van der Waals surface area contributed by atoms with E-state index in [9.17, 15) is 0 Å². The SMILES string of the molecule is CCCCCNC(=NC)NCCCOCC.I. The number of rotatable bonds is 9. The standard InChI is InChI=1S/C12H27N3O.HI/c1-4-6-7-9-14-12(13-3)15-10-8-11-16-5-2;/h4-11H2,1-3H3,(H2,13,14,15);1H. The highest BCUT2D eigenvalue weighted by molar-refractivity contribution is 14.0. The molecule has 0 aliphatic carbocycles. The molecule has 0 amide bonds. The van der Waals surface area contributed by atoms with E-state index in [4.69, 9.17) is 4.74 Å². The van der Waals surface area contributed by atoms with Crippen LogP contribution in [0.15, 0.2) is 4.99 Å². The zero-order valence-electron chi connectivity index (χ0n) is 11.4. The fourth-order valence-electron chi connectivity index (χ4n) is 1.33. The Hall–Kier alpha value is -0.0400. The lowest BCUT2D eigenvalue weighted by Gasteiger charge is -2.11. The lowest BCUT2D eigenvalue weighted by molar-refractivity contribution is 0.145. The third kappa shape index (κ3) is 13.9. The number of nitrogens with zero attached hydrogens (tertiary/aromatic N) is 1. The molecule has 0 aromatic rings. The molecule has 0 radical (unpaired) electrons. The van der Waals surface area contributed by atoms with Gasteiger partial charge in [0.2, 0.25) is 0 Å². The van der Waals surface area contributed by atoms with E-state index in [1.54, 1.807) is 7.05 Å². The number of guanidine groups is 1. The summed E-state index contributed by atoms with van der Waals surface area (Å²) in [6, 6.07) is 0. The van der Waals surface area contributed by atoms with Crippen LogP contribution in [0.1, 0.15) is 39.5 Å². The third-order valence-electron chi connectivity index (χ3n) is 2.26. The Bertz CT molecular complexity index is 177. The summed E-state index contributed by atoms with van der Waals surface area (Å²) in [6.07, 6.45) is 4.75. The van der Waals surface area contributed by atoms with Crippen molar-refractivity contribution in [1.82, 2.24) is 10.6 Å². The zero-order chi connectivity index (χ0) is 12.1. The first kappa shape index (κ1) is 19.3. The van der Waals surface area contributed by atoms with Crippen LogP contribution in [-0.4, -0.2) is 39.3 Å². The van der Waals surface area contributed by atoms with Gasteiger partial charge in [0, 0.05) is 33.4 Å². The summed E-state index contributed by atoms with van der Waals surface area (Å²) in [7, 11) is 1.80. The van der Waals surface area contributed by atoms with E-state index in [2.05, 4.69) is 22.5 Å². The van der Waals surface area contributed by atoms with Crippen LogP contribution in [0, 0.1) is 0 Å². The average molecular weight is 357 g/mol. The number of ether oxygens (including phenoxy) is 1. The molecule has 0 saturated carbocycles. The Labute approximate surface area is 123 Å². The number of hydrogen-bond donors (Lipinski definition) is 2. The Morgan fingerprint density at radius 1 is 1.06 bits per heavy atom. The zero-order valence-corrected chi connectivity index (χ0v) is 13.8. The van der Waals surface area contributed by atoms with Gasteiger partial charge in [-0.25, -0.2) is 0 Å². The van der Waals surface area contributed by atoms with Gasteiger partial charge < -0.3 is 15.4 Å². The molecule has 0 aromatic heterocycles. The van der Waals surface area contributed by atoms with Gasteiger partial charge in [0.25, 0.3) is 0 Å². The van der Waals surface area contributed by atoms with Gasteiger partial charge in [-0.05, 0) is 19.8 Å². The molecule has 0 fully saturated rings. The first-order valence-electron chi connectivity index (χ1n) is 6.37. The van der Waals surface area contributed by atoms with Crippen LogP contribution in [0.5, 0.6) is 0 Å². The van der Waals surface area contributed by atoms with E-state index < -0.39 is 0 Å². The molecule has 104 valence electrons. The molecule has 5 heteroatoms. The van der Waals surface area contributed by atoms with Gasteiger partial charge in [0.05, 0.1) is 0 Å². The van der Waals surface area contributed by atoms with Crippen molar-refractivity contribution < 1.29 is 4.74 Å². The molecule has 0 rings (SSSR count). The Morgan fingerprint density at radius 3 is 2.24 bits per heavy atom. The number of hydrogen-bond acceptors (Lipinski definition) is 2. The summed E-state index contributed by atoms with van der Waals surface area (Å²) >= 11 is 0. The molecule has 0 unspecified atom stereocenters. The number of unbranched alkanes of at least 4 members (excludes halogenated alkanes) is 2. The maximum Gasteiger partial charge on any atom is 0.190 e. The number of aliphatic imine (C=N–C) groups is 1. The van der Waals surface area contributed by atoms with Crippen LogP contribution in [-0.2, 0) is 4.74 Å². The fraction of sp³-hybridized carbons (Fsp3) is 0.917. The van der Waals surface area contributed by atoms with E-state index >= 15 is 0 Å². The van der Waals surface area contributed by atoms with Crippen molar-refractivity contribution in [3.63, 3.8) is 0 Å². The summed E-state index contributed by atoms with van der Waals surface area (Å²) in [4.78, 5) is 4.16. The van der Waals surface area contributed by atoms with Gasteiger partial charge in [-0.3, -0.25) is 4.99 Å². The van der Waals surface area contributed by atoms with Gasteiger partial charge in [-0.2, -0.15) is 0 Å². The summed E-state index contributed by atoms with van der Waals surface area (Å²) in [5.74, 6) is 0.896. The smallest absolute Gasteiger partial charge is 0.190 e. The number of halogens is 1. The predicted octanol–water partition coefficient (Wildman–Crippen LogP) is 2.39. The second kappa shape index (κ2) is 16.0. The fourth-order valence-corrected chi connectivity index (χ4v) is 1.33. The summed E-state index contributed by atoms with van der Waals surface area (Å²) in [6.45, 7) is 7.75. The Kier molecular flexibility index (Phi) is 18.1. The van der Waals surface area contributed by atoms with Gasteiger partial charge >= 0.3 is 0 Å². The highest BCUT2D eigenvalue weighted by atomic mass is 127. The van der Waals surface area contributed by atoms with Gasteiger partial charge in [0.15, 0.2) is 5.96 Å². The highest BCUT2D eigenvalue weighted by Crippen LogP contribution is 1.90. The molecule has 0 saturated heterocycles. The second-order valence-electron chi connectivity index (χ2n) is 3.68. The highest BCUT2D eigenvalue weighted by Gasteiger charge is 1.95. The largest absolute Gasteiger partial charge is 0.382 e. The lowest BCUT2D eigenvalue weighted by Crippen LogP contribution is -2.38. The topological polar surface area (TPSA) is 45.7 Å². The van der Waals surface area contributed by atoms with Gasteiger partial charge in [-0.15, -0.1) is 24.0 Å². The molecule has 0 spiro atoms. The molecule has 0 aliphatic heterocycles. The maximum atomic E-state index is 5.26. The minimum absolute atomic E-state index is 0. The Balaban J connectivity index is 0. The first-order valence-corrected chi connectivity index (χ1v) is 6.37. The van der Waals surface area contributed by atoms with Crippen LogP contribution in [0.25, 0.3) is 0 Å². The van der Waals surface area contributed by atoms with Crippen molar-refractivity contribution in [2.45, 2.75) is 39.5 Å². The van der Waals surface area contributed by atoms with Crippen LogP contribution in [0.4, 0.5) is 0 Å². The minimum atomic E-state index is 0. The first-order chi connectivity index (χ1) is 7.85. The van der Waals surface area contributed by atoms with Gasteiger partial charge in [0.1, 0.15) is 0 Å². The molecular formula is C12H28IN3O. The van der Waals surface area contributed by atoms with E-state index in [1.165, 1.54) is 19.3 Å². The quantitative estimate of drug-likeness (QED) is 0.288. The molecule has 0 aromatic carbocycles. The molecule has 0 bridgehead atoms. The molecule has 0 heterocycles. The molecule has 4 nitrogen and oxygen atoms in total.